The van der Waals surface area contributed by atoms with Gasteiger partial charge in [0.2, 0.25) is 6.41 Å². The number of imidazole rings is 1. The average Bonchev–Trinajstić information content (AvgIpc) is 2.57. The summed E-state index contributed by atoms with van der Waals surface area (Å²) in [4.78, 5) is 17.5. The maximum absolute atomic E-state index is 10.1. The van der Waals surface area contributed by atoms with E-state index in [-0.39, 0.29) is 0 Å². The van der Waals surface area contributed by atoms with Crippen LogP contribution in [0.3, 0.4) is 0 Å². The maximum atomic E-state index is 10.1. The lowest BCUT2D eigenvalue weighted by atomic mass is 10.2. The molecular formula is C9H11N3O. The molecule has 1 aliphatic carbocycles. The minimum Gasteiger partial charge on any atom is -0.351 e. The molecule has 0 radical (unpaired) electrons. The summed E-state index contributed by atoms with van der Waals surface area (Å²) in [5.41, 5.74) is 0. The molecule has 0 spiro atoms. The first kappa shape index (κ1) is 8.04. The third-order valence-corrected chi connectivity index (χ3v) is 2.02. The van der Waals surface area contributed by atoms with Crippen LogP contribution in [-0.4, -0.2) is 16.4 Å². The van der Waals surface area contributed by atoms with Crippen LogP contribution in [0.25, 0.3) is 12.2 Å². The lowest BCUT2D eigenvalue weighted by Gasteiger charge is -1.90. The van der Waals surface area contributed by atoms with Crippen molar-refractivity contribution >= 4 is 18.6 Å². The molecule has 0 unspecified atom stereocenters. The number of nitrogens with zero attached hydrogens (tertiary/aromatic N) is 1. The van der Waals surface area contributed by atoms with E-state index in [2.05, 4.69) is 27.4 Å². The van der Waals surface area contributed by atoms with Crippen molar-refractivity contribution in [3.05, 3.63) is 16.5 Å². The SMILES string of the molecule is O=CNCc1nc2c([nH]1)=CCCC=2. The van der Waals surface area contributed by atoms with E-state index >= 15 is 0 Å². The first-order valence-corrected chi connectivity index (χ1v) is 4.32. The molecule has 1 aromatic rings. The lowest BCUT2D eigenvalue weighted by molar-refractivity contribution is -0.109. The zero-order chi connectivity index (χ0) is 9.10. The number of carbonyl (C=O) groups excluding carboxylic acids is 1. The highest BCUT2D eigenvalue weighted by Gasteiger charge is 2.00. The van der Waals surface area contributed by atoms with Crippen LogP contribution in [0.15, 0.2) is 0 Å². The normalized spacial score (nSPS) is 13.8. The molecule has 0 fully saturated rings. The molecule has 13 heavy (non-hydrogen) atoms. The van der Waals surface area contributed by atoms with Crippen molar-refractivity contribution < 1.29 is 4.79 Å². The van der Waals surface area contributed by atoms with Crippen molar-refractivity contribution in [2.45, 2.75) is 19.4 Å². The number of amides is 1. The van der Waals surface area contributed by atoms with Gasteiger partial charge >= 0.3 is 0 Å². The van der Waals surface area contributed by atoms with Gasteiger partial charge in [-0.2, -0.15) is 0 Å². The Balaban J connectivity index is 2.31. The number of rotatable bonds is 3. The number of nitrogens with one attached hydrogen (secondary N) is 2. The van der Waals surface area contributed by atoms with E-state index in [0.29, 0.717) is 13.0 Å². The average molecular weight is 177 g/mol. The summed E-state index contributed by atoms with van der Waals surface area (Å²) < 4.78 is 0. The molecule has 4 nitrogen and oxygen atoms in total. The Labute approximate surface area is 75.4 Å². The number of hydrogen-bond acceptors (Lipinski definition) is 2. The Morgan fingerprint density at radius 3 is 3.15 bits per heavy atom. The highest BCUT2D eigenvalue weighted by atomic mass is 16.1. The predicted molar refractivity (Wildman–Crippen MR) is 48.9 cm³/mol. The van der Waals surface area contributed by atoms with Crippen LogP contribution in [0.4, 0.5) is 0 Å². The minimum atomic E-state index is 0.470. The number of fused-ring (bicyclic) bond motifs is 1. The lowest BCUT2D eigenvalue weighted by Crippen LogP contribution is -2.26. The minimum absolute atomic E-state index is 0.470. The van der Waals surface area contributed by atoms with Gasteiger partial charge in [-0.25, -0.2) is 4.98 Å². The van der Waals surface area contributed by atoms with Crippen LogP contribution in [0.2, 0.25) is 0 Å². The molecule has 2 N–H and O–H groups in total. The molecule has 0 saturated heterocycles. The van der Waals surface area contributed by atoms with Crippen molar-refractivity contribution in [2.75, 3.05) is 0 Å². The van der Waals surface area contributed by atoms with Crippen molar-refractivity contribution in [3.63, 3.8) is 0 Å². The number of H-pyrrole nitrogens is 1. The second-order valence-electron chi connectivity index (χ2n) is 2.97. The third kappa shape index (κ3) is 1.61. The van der Waals surface area contributed by atoms with E-state index in [4.69, 9.17) is 0 Å². The van der Waals surface area contributed by atoms with Gasteiger partial charge in [-0.3, -0.25) is 4.79 Å². The van der Waals surface area contributed by atoms with Gasteiger partial charge in [0.15, 0.2) is 0 Å². The highest BCUT2D eigenvalue weighted by Crippen LogP contribution is 1.93. The van der Waals surface area contributed by atoms with Gasteiger partial charge in [-0.15, -0.1) is 0 Å². The first-order valence-electron chi connectivity index (χ1n) is 4.32. The summed E-state index contributed by atoms with van der Waals surface area (Å²) >= 11 is 0. The molecule has 1 aliphatic rings. The molecule has 0 aromatic carbocycles. The van der Waals surface area contributed by atoms with Crippen LogP contribution in [-0.2, 0) is 11.3 Å². The topological polar surface area (TPSA) is 57.8 Å². The van der Waals surface area contributed by atoms with E-state index in [0.717, 1.165) is 29.4 Å². The monoisotopic (exact) mass is 177 g/mol. The fraction of sp³-hybridized carbons (Fsp3) is 0.333. The maximum Gasteiger partial charge on any atom is 0.207 e. The van der Waals surface area contributed by atoms with Gasteiger partial charge in [0, 0.05) is 0 Å². The molecule has 4 heteroatoms. The standard InChI is InChI=1S/C9H11N3O/c13-6-10-5-9-11-7-3-1-2-4-8(7)12-9/h3-4,6H,1-2,5H2,(H,10,13)(H,11,12). The Bertz CT molecular complexity index is 385. The van der Waals surface area contributed by atoms with Gasteiger partial charge in [0.1, 0.15) is 5.82 Å². The summed E-state index contributed by atoms with van der Waals surface area (Å²) in [5, 5.41) is 4.66. The van der Waals surface area contributed by atoms with Gasteiger partial charge in [0.25, 0.3) is 0 Å². The van der Waals surface area contributed by atoms with Crippen molar-refractivity contribution in [1.29, 1.82) is 0 Å². The molecule has 0 atom stereocenters. The zero-order valence-corrected chi connectivity index (χ0v) is 7.21. The van der Waals surface area contributed by atoms with E-state index in [1.54, 1.807) is 0 Å². The van der Waals surface area contributed by atoms with Crippen LogP contribution in [0, 0.1) is 0 Å². The smallest absolute Gasteiger partial charge is 0.207 e. The number of aromatic nitrogens is 2. The van der Waals surface area contributed by atoms with Crippen molar-refractivity contribution in [3.8, 4) is 0 Å². The Morgan fingerprint density at radius 2 is 2.38 bits per heavy atom. The first-order chi connectivity index (χ1) is 6.40. The van der Waals surface area contributed by atoms with Crippen molar-refractivity contribution in [1.82, 2.24) is 15.3 Å². The van der Waals surface area contributed by atoms with Gasteiger partial charge in [-0.05, 0) is 12.8 Å². The largest absolute Gasteiger partial charge is 0.351 e. The fourth-order valence-electron chi connectivity index (χ4n) is 1.43. The summed E-state index contributed by atoms with van der Waals surface area (Å²) in [6.45, 7) is 0.470. The van der Waals surface area contributed by atoms with Gasteiger partial charge < -0.3 is 10.3 Å². The third-order valence-electron chi connectivity index (χ3n) is 2.02. The molecule has 0 aliphatic heterocycles. The number of aromatic amines is 1. The van der Waals surface area contributed by atoms with Crippen LogP contribution >= 0.6 is 0 Å². The second kappa shape index (κ2) is 3.43. The molecule has 1 aromatic heterocycles. The number of hydrogen-bond donors (Lipinski definition) is 2. The molecule has 0 saturated carbocycles. The zero-order valence-electron chi connectivity index (χ0n) is 7.21. The fourth-order valence-corrected chi connectivity index (χ4v) is 1.43. The Kier molecular flexibility index (Phi) is 2.12. The molecular weight excluding hydrogens is 166 g/mol. The molecule has 1 heterocycles. The Hall–Kier alpha value is -1.58. The van der Waals surface area contributed by atoms with Crippen LogP contribution < -0.4 is 16.0 Å². The number of carbonyl (C=O) groups is 1. The summed E-state index contributed by atoms with van der Waals surface area (Å²) in [6.07, 6.45) is 7.03. The van der Waals surface area contributed by atoms with E-state index < -0.39 is 0 Å². The summed E-state index contributed by atoms with van der Waals surface area (Å²) in [6, 6.07) is 0. The predicted octanol–water partition coefficient (Wildman–Crippen LogP) is -0.990. The molecule has 0 bridgehead atoms. The molecule has 68 valence electrons. The van der Waals surface area contributed by atoms with Gasteiger partial charge in [-0.1, -0.05) is 12.2 Å². The van der Waals surface area contributed by atoms with Crippen LogP contribution in [0.5, 0.6) is 0 Å². The van der Waals surface area contributed by atoms with E-state index in [1.165, 1.54) is 0 Å². The quantitative estimate of drug-likeness (QED) is 0.582. The van der Waals surface area contributed by atoms with Gasteiger partial charge in [0.05, 0.1) is 17.2 Å². The summed E-state index contributed by atoms with van der Waals surface area (Å²) in [7, 11) is 0. The van der Waals surface area contributed by atoms with E-state index in [9.17, 15) is 4.79 Å². The van der Waals surface area contributed by atoms with Crippen LogP contribution in [0.1, 0.15) is 18.7 Å². The second-order valence-corrected chi connectivity index (χ2v) is 2.97. The summed E-state index contributed by atoms with van der Waals surface area (Å²) in [5.74, 6) is 0.812. The molecule has 1 amide bonds. The molecule has 2 rings (SSSR count). The van der Waals surface area contributed by atoms with E-state index in [1.807, 2.05) is 0 Å². The van der Waals surface area contributed by atoms with Crippen molar-refractivity contribution in [2.24, 2.45) is 0 Å². The highest BCUT2D eigenvalue weighted by molar-refractivity contribution is 5.45. The Morgan fingerprint density at radius 1 is 1.54 bits per heavy atom.